The summed E-state index contributed by atoms with van der Waals surface area (Å²) in [6.45, 7) is 9.82. The highest BCUT2D eigenvalue weighted by Crippen LogP contribution is 2.35. The van der Waals surface area contributed by atoms with Crippen LogP contribution in [0.3, 0.4) is 0 Å². The summed E-state index contributed by atoms with van der Waals surface area (Å²) in [7, 11) is -2.70. The van der Waals surface area contributed by atoms with Crippen molar-refractivity contribution in [3.63, 3.8) is 0 Å². The number of carbonyl (C=O) groups excluding carboxylic acids is 1. The topological polar surface area (TPSA) is 136 Å². The highest BCUT2D eigenvalue weighted by atomic mass is 32.2. The van der Waals surface area contributed by atoms with Crippen LogP contribution in [0.25, 0.3) is 0 Å². The van der Waals surface area contributed by atoms with Gasteiger partial charge in [-0.3, -0.25) is 0 Å². The lowest BCUT2D eigenvalue weighted by Crippen LogP contribution is -2.46. The fraction of sp³-hybridized carbons (Fsp3) is 0.381. The first-order valence-corrected chi connectivity index (χ1v) is 11.1. The number of rotatable bonds is 4. The van der Waals surface area contributed by atoms with E-state index in [0.717, 1.165) is 12.7 Å². The van der Waals surface area contributed by atoms with Crippen molar-refractivity contribution in [2.75, 3.05) is 33.3 Å². The minimum Gasteiger partial charge on any atom is -0.504 e. The summed E-state index contributed by atoms with van der Waals surface area (Å²) in [5, 5.41) is 29.1. The van der Waals surface area contributed by atoms with Gasteiger partial charge in [0, 0.05) is 39.4 Å². The van der Waals surface area contributed by atoms with Crippen molar-refractivity contribution in [3.05, 3.63) is 42.0 Å². The van der Waals surface area contributed by atoms with Crippen molar-refractivity contribution >= 4 is 16.8 Å². The van der Waals surface area contributed by atoms with Gasteiger partial charge < -0.3 is 30.2 Å². The van der Waals surface area contributed by atoms with Gasteiger partial charge >= 0.3 is 0 Å². The molecule has 0 atom stereocenters. The van der Waals surface area contributed by atoms with Crippen LogP contribution in [0.5, 0.6) is 23.0 Å². The molecular weight excluding hydrogens is 424 g/mol. The number of piperazine rings is 1. The summed E-state index contributed by atoms with van der Waals surface area (Å²) < 4.78 is 33.1. The van der Waals surface area contributed by atoms with Gasteiger partial charge in [-0.05, 0) is 36.8 Å². The molecule has 0 bridgehead atoms. The number of hydrogen-bond donors (Lipinski definition) is 4. The lowest BCUT2D eigenvalue weighted by atomic mass is 10.2. The normalized spacial score (nSPS) is 13.3. The van der Waals surface area contributed by atoms with E-state index in [-0.39, 0.29) is 27.9 Å². The smallest absolute Gasteiger partial charge is 0.246 e. The largest absolute Gasteiger partial charge is 0.504 e. The number of aliphatic hydroxyl groups is 1. The number of carbonyl (C=O) groups is 1. The van der Waals surface area contributed by atoms with Crippen LogP contribution in [0, 0.1) is 6.92 Å². The Kier molecular flexibility index (Phi) is 13.1. The van der Waals surface area contributed by atoms with E-state index >= 15 is 0 Å². The number of aromatic hydroxyl groups is 2. The Bertz CT molecular complexity index is 899. The maximum absolute atomic E-state index is 13.0. The van der Waals surface area contributed by atoms with Crippen LogP contribution < -0.4 is 10.1 Å². The molecule has 0 unspecified atom stereocenters. The second kappa shape index (κ2) is 14.4. The van der Waals surface area contributed by atoms with Gasteiger partial charge in [-0.1, -0.05) is 19.9 Å². The number of hydrogen-bond acceptors (Lipinski definition) is 8. The maximum atomic E-state index is 13.0. The summed E-state index contributed by atoms with van der Waals surface area (Å²) in [6.07, 6.45) is 0. The van der Waals surface area contributed by atoms with Gasteiger partial charge in [-0.15, -0.1) is 0 Å². The zero-order valence-electron chi connectivity index (χ0n) is 18.3. The van der Waals surface area contributed by atoms with Gasteiger partial charge in [0.1, 0.15) is 23.2 Å². The van der Waals surface area contributed by atoms with Crippen molar-refractivity contribution in [1.82, 2.24) is 9.62 Å². The lowest BCUT2D eigenvalue weighted by Gasteiger charge is -2.27. The van der Waals surface area contributed by atoms with E-state index in [1.54, 1.807) is 18.2 Å². The van der Waals surface area contributed by atoms with Crippen LogP contribution in [0.2, 0.25) is 0 Å². The van der Waals surface area contributed by atoms with Crippen LogP contribution in [0.4, 0.5) is 0 Å². The summed E-state index contributed by atoms with van der Waals surface area (Å²) in [6, 6.07) is 8.89. The molecule has 31 heavy (non-hydrogen) atoms. The van der Waals surface area contributed by atoms with Crippen LogP contribution in [-0.4, -0.2) is 68.1 Å². The van der Waals surface area contributed by atoms with Crippen molar-refractivity contribution in [2.24, 2.45) is 0 Å². The SMILES string of the molecule is C=O.CC.CO.Cc1ccc(Oc2ccc(O)c(O)c2)c(S(=O)(=O)N2CCNCC2)c1. The molecule has 0 radical (unpaired) electrons. The van der Waals surface area contributed by atoms with Crippen molar-refractivity contribution < 1.29 is 33.3 Å². The number of aryl methyl sites for hydroxylation is 1. The van der Waals surface area contributed by atoms with E-state index < -0.39 is 10.0 Å². The van der Waals surface area contributed by atoms with Gasteiger partial charge in [0.15, 0.2) is 11.5 Å². The molecule has 0 aromatic heterocycles. The quantitative estimate of drug-likeness (QED) is 0.514. The number of phenols is 2. The number of ether oxygens (including phenoxy) is 1. The number of nitrogens with one attached hydrogen (secondary N) is 1. The molecule has 2 aromatic carbocycles. The number of phenolic OH excluding ortho intramolecular Hbond substituents is 2. The molecule has 0 aliphatic carbocycles. The van der Waals surface area contributed by atoms with Crippen molar-refractivity contribution in [1.29, 1.82) is 0 Å². The number of nitrogens with zero attached hydrogens (tertiary/aromatic N) is 1. The Morgan fingerprint density at radius 2 is 1.55 bits per heavy atom. The molecule has 1 aliphatic heterocycles. The minimum atomic E-state index is -3.70. The Balaban J connectivity index is 0.00000138. The van der Waals surface area contributed by atoms with E-state index in [1.165, 1.54) is 22.5 Å². The first kappa shape index (κ1) is 28.3. The maximum Gasteiger partial charge on any atom is 0.246 e. The van der Waals surface area contributed by atoms with Gasteiger partial charge in [0.2, 0.25) is 10.0 Å². The van der Waals surface area contributed by atoms with E-state index in [0.29, 0.717) is 26.2 Å². The molecular formula is C21H32N2O7S. The molecule has 1 heterocycles. The van der Waals surface area contributed by atoms with Crippen molar-refractivity contribution in [3.8, 4) is 23.0 Å². The highest BCUT2D eigenvalue weighted by molar-refractivity contribution is 7.89. The summed E-state index contributed by atoms with van der Waals surface area (Å²) in [5.41, 5.74) is 0.801. The predicted octanol–water partition coefficient (Wildman–Crippen LogP) is 2.24. The van der Waals surface area contributed by atoms with Gasteiger partial charge in [0.05, 0.1) is 0 Å². The van der Waals surface area contributed by atoms with E-state index in [9.17, 15) is 18.6 Å². The van der Waals surface area contributed by atoms with Crippen LogP contribution >= 0.6 is 0 Å². The second-order valence-corrected chi connectivity index (χ2v) is 7.76. The molecule has 0 amide bonds. The fourth-order valence-electron chi connectivity index (χ4n) is 2.62. The van der Waals surface area contributed by atoms with E-state index in [4.69, 9.17) is 14.6 Å². The molecule has 10 heteroatoms. The first-order chi connectivity index (χ1) is 14.9. The number of aliphatic hydroxyl groups excluding tert-OH is 1. The summed E-state index contributed by atoms with van der Waals surface area (Å²) in [5.74, 6) is -0.203. The van der Waals surface area contributed by atoms with E-state index in [1.807, 2.05) is 27.6 Å². The highest BCUT2D eigenvalue weighted by Gasteiger charge is 2.29. The van der Waals surface area contributed by atoms with Gasteiger partial charge in [0.25, 0.3) is 0 Å². The minimum absolute atomic E-state index is 0.0852. The Hall–Kier alpha value is -2.66. The Morgan fingerprint density at radius 1 is 0.968 bits per heavy atom. The molecule has 174 valence electrons. The number of sulfonamides is 1. The molecule has 0 spiro atoms. The fourth-order valence-corrected chi connectivity index (χ4v) is 4.26. The molecule has 9 nitrogen and oxygen atoms in total. The zero-order chi connectivity index (χ0) is 24.0. The molecule has 1 saturated heterocycles. The van der Waals surface area contributed by atoms with Gasteiger partial charge in [-0.2, -0.15) is 4.31 Å². The Morgan fingerprint density at radius 3 is 2.10 bits per heavy atom. The molecule has 4 N–H and O–H groups in total. The van der Waals surface area contributed by atoms with Crippen molar-refractivity contribution in [2.45, 2.75) is 25.7 Å². The molecule has 1 fully saturated rings. The third-order valence-electron chi connectivity index (χ3n) is 3.97. The zero-order valence-corrected chi connectivity index (χ0v) is 19.1. The summed E-state index contributed by atoms with van der Waals surface area (Å²) in [4.78, 5) is 8.09. The molecule has 2 aromatic rings. The molecule has 1 aliphatic rings. The average Bonchev–Trinajstić information content (AvgIpc) is 2.82. The summed E-state index contributed by atoms with van der Waals surface area (Å²) >= 11 is 0. The third kappa shape index (κ3) is 7.83. The van der Waals surface area contributed by atoms with E-state index in [2.05, 4.69) is 5.32 Å². The number of benzene rings is 2. The monoisotopic (exact) mass is 456 g/mol. The van der Waals surface area contributed by atoms with Crippen LogP contribution in [-0.2, 0) is 14.8 Å². The molecule has 0 saturated carbocycles. The van der Waals surface area contributed by atoms with Crippen LogP contribution in [0.15, 0.2) is 41.3 Å². The lowest BCUT2D eigenvalue weighted by molar-refractivity contribution is -0.0980. The van der Waals surface area contributed by atoms with Crippen LogP contribution in [0.1, 0.15) is 19.4 Å². The standard InChI is InChI=1S/C17H20N2O5S.C2H6.CH4O.CH2O/c1-12-2-5-16(24-13-3-4-14(20)15(21)11-13)17(10-12)25(22,23)19-8-6-18-7-9-19;3*1-2/h2-5,10-11,18,20-21H,6-9H2,1H3;1-2H3;2H,1H3;1H2. The Labute approximate surface area is 184 Å². The average molecular weight is 457 g/mol. The van der Waals surface area contributed by atoms with Gasteiger partial charge in [-0.25, -0.2) is 8.42 Å². The second-order valence-electron chi connectivity index (χ2n) is 5.86. The molecule has 3 rings (SSSR count). The third-order valence-corrected chi connectivity index (χ3v) is 5.89. The predicted molar refractivity (Wildman–Crippen MR) is 119 cm³/mol. The first-order valence-electron chi connectivity index (χ1n) is 9.63.